The van der Waals surface area contributed by atoms with Crippen molar-refractivity contribution < 1.29 is 14.3 Å². The maximum Gasteiger partial charge on any atom is 0.248 e. The van der Waals surface area contributed by atoms with E-state index in [-0.39, 0.29) is 12.3 Å². The van der Waals surface area contributed by atoms with Gasteiger partial charge < -0.3 is 15.8 Å². The van der Waals surface area contributed by atoms with Gasteiger partial charge in [-0.05, 0) is 55.5 Å². The van der Waals surface area contributed by atoms with Crippen LogP contribution in [0, 0.1) is 0 Å². The first kappa shape index (κ1) is 19.7. The van der Waals surface area contributed by atoms with Crippen molar-refractivity contribution in [3.63, 3.8) is 0 Å². The SMILES string of the molecule is CCOc1ccc(-c2cn3c(CC(=O)Nc4ccc(C(N)=O)cc4)csc3n2)cc1. The molecule has 4 aromatic rings. The van der Waals surface area contributed by atoms with Gasteiger partial charge in [-0.25, -0.2) is 4.98 Å². The van der Waals surface area contributed by atoms with E-state index < -0.39 is 5.91 Å². The van der Waals surface area contributed by atoms with Crippen molar-refractivity contribution in [1.82, 2.24) is 9.38 Å². The van der Waals surface area contributed by atoms with Crippen LogP contribution in [-0.4, -0.2) is 27.8 Å². The minimum atomic E-state index is -0.503. The summed E-state index contributed by atoms with van der Waals surface area (Å²) in [5.41, 5.74) is 8.92. The smallest absolute Gasteiger partial charge is 0.248 e. The number of benzene rings is 2. The van der Waals surface area contributed by atoms with Crippen LogP contribution in [0.4, 0.5) is 5.69 Å². The van der Waals surface area contributed by atoms with Crippen molar-refractivity contribution >= 4 is 33.8 Å². The van der Waals surface area contributed by atoms with E-state index in [4.69, 9.17) is 10.5 Å². The van der Waals surface area contributed by atoms with Crippen LogP contribution in [0.2, 0.25) is 0 Å². The Morgan fingerprint density at radius 3 is 2.53 bits per heavy atom. The van der Waals surface area contributed by atoms with Gasteiger partial charge in [0.25, 0.3) is 0 Å². The molecule has 2 aromatic carbocycles. The van der Waals surface area contributed by atoms with Gasteiger partial charge in [0.1, 0.15) is 5.75 Å². The van der Waals surface area contributed by atoms with Gasteiger partial charge in [-0.1, -0.05) is 0 Å². The molecule has 0 spiro atoms. The zero-order valence-electron chi connectivity index (χ0n) is 16.3. The number of amides is 2. The van der Waals surface area contributed by atoms with E-state index in [1.165, 1.54) is 11.3 Å². The fourth-order valence-electron chi connectivity index (χ4n) is 3.07. The molecule has 152 valence electrons. The maximum absolute atomic E-state index is 12.5. The van der Waals surface area contributed by atoms with E-state index in [2.05, 4.69) is 10.3 Å². The zero-order valence-corrected chi connectivity index (χ0v) is 17.1. The Hall–Kier alpha value is -3.65. The number of thiazole rings is 1. The van der Waals surface area contributed by atoms with Gasteiger partial charge in [0.2, 0.25) is 11.8 Å². The number of aromatic nitrogens is 2. The van der Waals surface area contributed by atoms with E-state index in [9.17, 15) is 9.59 Å². The molecule has 2 heterocycles. The first-order valence-corrected chi connectivity index (χ1v) is 10.3. The van der Waals surface area contributed by atoms with Crippen LogP contribution < -0.4 is 15.8 Å². The molecular formula is C22H20N4O3S. The number of carbonyl (C=O) groups excluding carboxylic acids is 2. The lowest BCUT2D eigenvalue weighted by Gasteiger charge is -2.05. The predicted octanol–water partition coefficient (Wildman–Crippen LogP) is 3.74. The summed E-state index contributed by atoms with van der Waals surface area (Å²) >= 11 is 1.49. The molecular weight excluding hydrogens is 400 g/mol. The molecule has 0 aliphatic heterocycles. The summed E-state index contributed by atoms with van der Waals surface area (Å²) in [5.74, 6) is 0.165. The van der Waals surface area contributed by atoms with Crippen molar-refractivity contribution in [3.05, 3.63) is 71.4 Å². The number of ether oxygens (including phenoxy) is 1. The van der Waals surface area contributed by atoms with Gasteiger partial charge >= 0.3 is 0 Å². The van der Waals surface area contributed by atoms with Gasteiger partial charge in [-0.3, -0.25) is 14.0 Å². The van der Waals surface area contributed by atoms with E-state index in [1.54, 1.807) is 24.3 Å². The molecule has 8 heteroatoms. The van der Waals surface area contributed by atoms with E-state index in [0.717, 1.165) is 27.7 Å². The molecule has 0 radical (unpaired) electrons. The molecule has 3 N–H and O–H groups in total. The molecule has 0 unspecified atom stereocenters. The normalized spacial score (nSPS) is 10.8. The average Bonchev–Trinajstić information content (AvgIpc) is 3.31. The number of rotatable bonds is 7. The number of imidazole rings is 1. The third-order valence-corrected chi connectivity index (χ3v) is 5.43. The highest BCUT2D eigenvalue weighted by molar-refractivity contribution is 7.15. The van der Waals surface area contributed by atoms with E-state index in [1.807, 2.05) is 47.2 Å². The molecule has 0 aliphatic rings. The van der Waals surface area contributed by atoms with Crippen molar-refractivity contribution in [3.8, 4) is 17.0 Å². The third-order valence-electron chi connectivity index (χ3n) is 4.54. The second-order valence-electron chi connectivity index (χ2n) is 6.63. The van der Waals surface area contributed by atoms with Gasteiger partial charge in [-0.2, -0.15) is 0 Å². The summed E-state index contributed by atoms with van der Waals surface area (Å²) in [6.45, 7) is 2.57. The number of carbonyl (C=O) groups is 2. The molecule has 0 atom stereocenters. The first-order valence-electron chi connectivity index (χ1n) is 9.42. The molecule has 0 saturated heterocycles. The number of nitrogens with one attached hydrogen (secondary N) is 1. The molecule has 4 rings (SSSR count). The minimum Gasteiger partial charge on any atom is -0.494 e. The summed E-state index contributed by atoms with van der Waals surface area (Å²) in [4.78, 5) is 29.1. The molecule has 0 aliphatic carbocycles. The lowest BCUT2D eigenvalue weighted by atomic mass is 10.1. The Bertz CT molecular complexity index is 1190. The highest BCUT2D eigenvalue weighted by Gasteiger charge is 2.13. The number of hydrogen-bond donors (Lipinski definition) is 2. The quantitative estimate of drug-likeness (QED) is 0.476. The predicted molar refractivity (Wildman–Crippen MR) is 117 cm³/mol. The largest absolute Gasteiger partial charge is 0.494 e. The van der Waals surface area contributed by atoms with Crippen LogP contribution in [-0.2, 0) is 11.2 Å². The molecule has 0 fully saturated rings. The van der Waals surface area contributed by atoms with Crippen molar-refractivity contribution in [2.75, 3.05) is 11.9 Å². The van der Waals surface area contributed by atoms with Crippen LogP contribution in [0.5, 0.6) is 5.75 Å². The fraction of sp³-hybridized carbons (Fsp3) is 0.136. The number of nitrogens with two attached hydrogens (primary N) is 1. The maximum atomic E-state index is 12.5. The Balaban J connectivity index is 1.48. The van der Waals surface area contributed by atoms with Crippen LogP contribution >= 0.6 is 11.3 Å². The number of primary amides is 1. The third kappa shape index (κ3) is 4.18. The lowest BCUT2D eigenvalue weighted by Crippen LogP contribution is -2.16. The molecule has 2 amide bonds. The monoisotopic (exact) mass is 420 g/mol. The number of hydrogen-bond acceptors (Lipinski definition) is 5. The van der Waals surface area contributed by atoms with Crippen LogP contribution in [0.15, 0.2) is 60.1 Å². The molecule has 7 nitrogen and oxygen atoms in total. The summed E-state index contributed by atoms with van der Waals surface area (Å²) < 4.78 is 7.42. The van der Waals surface area contributed by atoms with E-state index >= 15 is 0 Å². The Morgan fingerprint density at radius 1 is 1.13 bits per heavy atom. The van der Waals surface area contributed by atoms with Crippen molar-refractivity contribution in [2.45, 2.75) is 13.3 Å². The topological polar surface area (TPSA) is 98.7 Å². The average molecular weight is 420 g/mol. The zero-order chi connectivity index (χ0) is 21.1. The summed E-state index contributed by atoms with van der Waals surface area (Å²) in [7, 11) is 0. The Morgan fingerprint density at radius 2 is 1.87 bits per heavy atom. The van der Waals surface area contributed by atoms with Crippen molar-refractivity contribution in [1.29, 1.82) is 0 Å². The lowest BCUT2D eigenvalue weighted by molar-refractivity contribution is -0.115. The second-order valence-corrected chi connectivity index (χ2v) is 7.47. The van der Waals surface area contributed by atoms with E-state index in [0.29, 0.717) is 17.9 Å². The van der Waals surface area contributed by atoms with Gasteiger partial charge in [0.15, 0.2) is 4.96 Å². The van der Waals surface area contributed by atoms with Crippen LogP contribution in [0.3, 0.4) is 0 Å². The summed E-state index contributed by atoms with van der Waals surface area (Å²) in [5, 5.41) is 4.76. The number of fused-ring (bicyclic) bond motifs is 1. The fourth-order valence-corrected chi connectivity index (χ4v) is 3.94. The summed E-state index contributed by atoms with van der Waals surface area (Å²) in [6.07, 6.45) is 2.14. The highest BCUT2D eigenvalue weighted by Crippen LogP contribution is 2.26. The Kier molecular flexibility index (Phi) is 5.49. The minimum absolute atomic E-state index is 0.155. The molecule has 2 aromatic heterocycles. The van der Waals surface area contributed by atoms with Gasteiger partial charge in [-0.15, -0.1) is 11.3 Å². The van der Waals surface area contributed by atoms with Crippen molar-refractivity contribution in [2.24, 2.45) is 5.73 Å². The molecule has 30 heavy (non-hydrogen) atoms. The van der Waals surface area contributed by atoms with Gasteiger partial charge in [0.05, 0.1) is 18.7 Å². The first-order chi connectivity index (χ1) is 14.5. The Labute approximate surface area is 177 Å². The molecule has 0 saturated carbocycles. The highest BCUT2D eigenvalue weighted by atomic mass is 32.1. The summed E-state index contributed by atoms with van der Waals surface area (Å²) in [6, 6.07) is 14.3. The van der Waals surface area contributed by atoms with Crippen LogP contribution in [0.25, 0.3) is 16.2 Å². The second kappa shape index (κ2) is 8.38. The molecule has 0 bridgehead atoms. The standard InChI is InChI=1S/C22H20N4O3S/c1-2-29-18-9-5-14(6-10-18)19-12-26-17(13-30-22(26)25-19)11-20(27)24-16-7-3-15(4-8-16)21(23)28/h3-10,12-13H,2,11H2,1H3,(H2,23,28)(H,24,27). The number of anilines is 1. The van der Waals surface area contributed by atoms with Crippen LogP contribution in [0.1, 0.15) is 23.0 Å². The van der Waals surface area contributed by atoms with Gasteiger partial charge in [0, 0.05) is 34.1 Å². The number of nitrogens with zero attached hydrogens (tertiary/aromatic N) is 2.